The molecule has 1 aromatic heterocycles. The van der Waals surface area contributed by atoms with Gasteiger partial charge in [0.2, 0.25) is 0 Å². The third kappa shape index (κ3) is 3.33. The molecule has 0 N–H and O–H groups in total. The smallest absolute Gasteiger partial charge is 0.150 e. The van der Waals surface area contributed by atoms with Gasteiger partial charge in [-0.1, -0.05) is 44.2 Å². The van der Waals surface area contributed by atoms with Gasteiger partial charge in [0.25, 0.3) is 0 Å². The van der Waals surface area contributed by atoms with Crippen LogP contribution in [0.25, 0.3) is 0 Å². The second-order valence-corrected chi connectivity index (χ2v) is 5.72. The Kier molecular flexibility index (Phi) is 4.78. The summed E-state index contributed by atoms with van der Waals surface area (Å²) in [5, 5.41) is 4.71. The molecule has 2 saturated heterocycles. The van der Waals surface area contributed by atoms with Crippen molar-refractivity contribution in [3.8, 4) is 0 Å². The lowest BCUT2D eigenvalue weighted by atomic mass is 10.2. The summed E-state index contributed by atoms with van der Waals surface area (Å²) >= 11 is 0. The third-order valence-electron chi connectivity index (χ3n) is 4.18. The van der Waals surface area contributed by atoms with Crippen LogP contribution in [0.1, 0.15) is 32.3 Å². The van der Waals surface area contributed by atoms with Gasteiger partial charge in [-0.15, -0.1) is 0 Å². The Morgan fingerprint density at radius 2 is 1.73 bits per heavy atom. The number of ether oxygens (including phenoxy) is 1. The Morgan fingerprint density at radius 1 is 1.05 bits per heavy atom. The summed E-state index contributed by atoms with van der Waals surface area (Å²) in [6, 6.07) is 12.6. The number of morpholine rings is 1. The molecule has 118 valence electrons. The minimum Gasteiger partial charge on any atom is -0.371 e. The zero-order valence-corrected chi connectivity index (χ0v) is 13.5. The molecule has 4 heteroatoms. The van der Waals surface area contributed by atoms with Gasteiger partial charge < -0.3 is 9.64 Å². The summed E-state index contributed by atoms with van der Waals surface area (Å²) in [7, 11) is 0. The van der Waals surface area contributed by atoms with E-state index in [1.807, 2.05) is 24.6 Å². The quantitative estimate of drug-likeness (QED) is 0.871. The van der Waals surface area contributed by atoms with Crippen molar-refractivity contribution in [2.45, 2.75) is 45.4 Å². The van der Waals surface area contributed by atoms with Gasteiger partial charge in [-0.25, -0.2) is 0 Å². The lowest BCUT2D eigenvalue weighted by Crippen LogP contribution is -2.42. The van der Waals surface area contributed by atoms with E-state index in [9.17, 15) is 0 Å². The summed E-state index contributed by atoms with van der Waals surface area (Å²) in [6.07, 6.45) is 5.29. The van der Waals surface area contributed by atoms with Gasteiger partial charge in [-0.2, -0.15) is 5.10 Å². The van der Waals surface area contributed by atoms with Crippen LogP contribution < -0.4 is 4.90 Å². The molecule has 2 atom stereocenters. The van der Waals surface area contributed by atoms with Crippen LogP contribution in [-0.2, 0) is 11.3 Å². The van der Waals surface area contributed by atoms with Gasteiger partial charge in [-0.05, 0) is 18.4 Å². The SMILES string of the molecule is CC.c1ccc(Cn2ccc(N3CC4CCC(C3)O4)n2)cc1. The van der Waals surface area contributed by atoms with Gasteiger partial charge in [0.1, 0.15) is 0 Å². The highest BCUT2D eigenvalue weighted by atomic mass is 16.5. The van der Waals surface area contributed by atoms with Gasteiger partial charge >= 0.3 is 0 Å². The Hall–Kier alpha value is -1.81. The lowest BCUT2D eigenvalue weighted by Gasteiger charge is -2.32. The van der Waals surface area contributed by atoms with Crippen molar-refractivity contribution in [2.75, 3.05) is 18.0 Å². The maximum absolute atomic E-state index is 5.88. The first kappa shape index (κ1) is 15.1. The van der Waals surface area contributed by atoms with Gasteiger partial charge in [0.15, 0.2) is 5.82 Å². The molecule has 2 fully saturated rings. The van der Waals surface area contributed by atoms with Gasteiger partial charge in [0, 0.05) is 25.4 Å². The van der Waals surface area contributed by atoms with Crippen molar-refractivity contribution < 1.29 is 4.74 Å². The number of anilines is 1. The summed E-state index contributed by atoms with van der Waals surface area (Å²) in [5.74, 6) is 1.08. The molecule has 0 aliphatic carbocycles. The van der Waals surface area contributed by atoms with Crippen LogP contribution in [0.2, 0.25) is 0 Å². The van der Waals surface area contributed by atoms with E-state index in [4.69, 9.17) is 9.84 Å². The predicted molar refractivity (Wildman–Crippen MR) is 89.2 cm³/mol. The minimum atomic E-state index is 0.410. The summed E-state index contributed by atoms with van der Waals surface area (Å²) in [6.45, 7) is 6.80. The average Bonchev–Trinajstić information content (AvgIpc) is 3.17. The first-order chi connectivity index (χ1) is 10.9. The third-order valence-corrected chi connectivity index (χ3v) is 4.18. The van der Waals surface area contributed by atoms with E-state index in [1.165, 1.54) is 18.4 Å². The number of fused-ring (bicyclic) bond motifs is 2. The van der Waals surface area contributed by atoms with Crippen molar-refractivity contribution in [3.63, 3.8) is 0 Å². The minimum absolute atomic E-state index is 0.410. The number of benzene rings is 1. The second-order valence-electron chi connectivity index (χ2n) is 5.72. The van der Waals surface area contributed by atoms with Crippen LogP contribution in [-0.4, -0.2) is 35.1 Å². The fourth-order valence-electron chi connectivity index (χ4n) is 3.18. The van der Waals surface area contributed by atoms with Crippen LogP contribution in [0, 0.1) is 0 Å². The Balaban J connectivity index is 0.000000693. The highest BCUT2D eigenvalue weighted by Gasteiger charge is 2.34. The molecule has 2 aliphatic rings. The Morgan fingerprint density at radius 3 is 2.41 bits per heavy atom. The highest BCUT2D eigenvalue weighted by molar-refractivity contribution is 5.38. The summed E-state index contributed by atoms with van der Waals surface area (Å²) < 4.78 is 7.89. The maximum Gasteiger partial charge on any atom is 0.150 e. The second kappa shape index (κ2) is 6.97. The molecule has 1 aromatic carbocycles. The van der Waals surface area contributed by atoms with Crippen molar-refractivity contribution >= 4 is 5.82 Å². The summed E-state index contributed by atoms with van der Waals surface area (Å²) in [4.78, 5) is 2.37. The molecule has 2 bridgehead atoms. The normalized spacial score (nSPS) is 23.1. The van der Waals surface area contributed by atoms with Crippen LogP contribution in [0.4, 0.5) is 5.82 Å². The fourth-order valence-corrected chi connectivity index (χ4v) is 3.18. The molecule has 4 rings (SSSR count). The fraction of sp³-hybridized carbons (Fsp3) is 0.500. The van der Waals surface area contributed by atoms with E-state index in [-0.39, 0.29) is 0 Å². The van der Waals surface area contributed by atoms with Crippen molar-refractivity contribution in [3.05, 3.63) is 48.2 Å². The molecular weight excluding hydrogens is 274 g/mol. The van der Waals surface area contributed by atoms with Crippen LogP contribution in [0.15, 0.2) is 42.6 Å². The topological polar surface area (TPSA) is 30.3 Å². The average molecular weight is 299 g/mol. The molecule has 0 spiro atoms. The molecule has 0 radical (unpaired) electrons. The number of nitrogens with zero attached hydrogens (tertiary/aromatic N) is 3. The molecule has 0 saturated carbocycles. The zero-order valence-electron chi connectivity index (χ0n) is 13.5. The van der Waals surface area contributed by atoms with E-state index in [1.54, 1.807) is 0 Å². The monoisotopic (exact) mass is 299 g/mol. The van der Waals surface area contributed by atoms with E-state index in [0.717, 1.165) is 25.5 Å². The zero-order chi connectivity index (χ0) is 15.4. The first-order valence-corrected chi connectivity index (χ1v) is 8.34. The summed E-state index contributed by atoms with van der Waals surface area (Å²) in [5.41, 5.74) is 1.28. The molecule has 0 amide bonds. The molecule has 2 unspecified atom stereocenters. The van der Waals surface area contributed by atoms with E-state index >= 15 is 0 Å². The van der Waals surface area contributed by atoms with Crippen molar-refractivity contribution in [1.29, 1.82) is 0 Å². The van der Waals surface area contributed by atoms with E-state index < -0.39 is 0 Å². The van der Waals surface area contributed by atoms with E-state index in [2.05, 4.69) is 41.4 Å². The number of hydrogen-bond donors (Lipinski definition) is 0. The Labute approximate surface area is 132 Å². The van der Waals surface area contributed by atoms with Crippen molar-refractivity contribution in [1.82, 2.24) is 9.78 Å². The largest absolute Gasteiger partial charge is 0.371 e. The molecule has 2 aliphatic heterocycles. The van der Waals surface area contributed by atoms with Crippen LogP contribution in [0.3, 0.4) is 0 Å². The highest BCUT2D eigenvalue weighted by Crippen LogP contribution is 2.28. The standard InChI is InChI=1S/C16H19N3O.C2H6/c1-2-4-13(5-3-1)10-19-9-8-16(17-19)18-11-14-6-7-15(12-18)20-14;1-2/h1-5,8-9,14-15H,6-7,10-12H2;1-2H3. The molecular formula is C18H25N3O. The van der Waals surface area contributed by atoms with Crippen molar-refractivity contribution in [2.24, 2.45) is 0 Å². The molecule has 4 nitrogen and oxygen atoms in total. The number of aromatic nitrogens is 2. The van der Waals surface area contributed by atoms with Crippen LogP contribution in [0.5, 0.6) is 0 Å². The first-order valence-electron chi connectivity index (χ1n) is 8.34. The number of hydrogen-bond acceptors (Lipinski definition) is 3. The maximum atomic E-state index is 5.88. The van der Waals surface area contributed by atoms with Gasteiger partial charge in [-0.3, -0.25) is 4.68 Å². The molecule has 2 aromatic rings. The Bertz CT molecular complexity index is 569. The van der Waals surface area contributed by atoms with Crippen LogP contribution >= 0.6 is 0 Å². The van der Waals surface area contributed by atoms with Gasteiger partial charge in [0.05, 0.1) is 18.8 Å². The van der Waals surface area contributed by atoms with E-state index in [0.29, 0.717) is 12.2 Å². The predicted octanol–water partition coefficient (Wildman–Crippen LogP) is 3.33. The lowest BCUT2D eigenvalue weighted by molar-refractivity contribution is 0.0302. The number of rotatable bonds is 3. The molecule has 22 heavy (non-hydrogen) atoms. The molecule has 3 heterocycles.